The van der Waals surface area contributed by atoms with Crippen LogP contribution < -0.4 is 0 Å². The van der Waals surface area contributed by atoms with Gasteiger partial charge in [-0.2, -0.15) is 0 Å². The van der Waals surface area contributed by atoms with E-state index < -0.39 is 0 Å². The van der Waals surface area contributed by atoms with Gasteiger partial charge in [0.25, 0.3) is 0 Å². The first-order valence-electron chi connectivity index (χ1n) is 7.20. The fourth-order valence-corrected chi connectivity index (χ4v) is 3.61. The van der Waals surface area contributed by atoms with Crippen LogP contribution in [0.4, 0.5) is 0 Å². The zero-order valence-electron chi connectivity index (χ0n) is 11.7. The average molecular weight is 223 g/mol. The van der Waals surface area contributed by atoms with Crippen LogP contribution in [0.5, 0.6) is 0 Å². The second-order valence-electron chi connectivity index (χ2n) is 7.19. The first kappa shape index (κ1) is 12.4. The minimum absolute atomic E-state index is 0.380. The van der Waals surface area contributed by atoms with Crippen molar-refractivity contribution >= 4 is 0 Å². The molecule has 0 aromatic carbocycles. The van der Waals surface area contributed by atoms with E-state index in [1.807, 2.05) is 0 Å². The number of hydrogen-bond donors (Lipinski definition) is 0. The molecule has 1 nitrogen and oxygen atoms in total. The number of nitrogens with zero attached hydrogens (tertiary/aromatic N) is 1. The molecule has 16 heavy (non-hydrogen) atoms. The Balaban J connectivity index is 1.93. The molecule has 0 aromatic rings. The van der Waals surface area contributed by atoms with Crippen molar-refractivity contribution < 1.29 is 0 Å². The van der Waals surface area contributed by atoms with Gasteiger partial charge >= 0.3 is 0 Å². The molecule has 1 heteroatoms. The minimum atomic E-state index is 0.380. The smallest absolute Gasteiger partial charge is 0.0125 e. The largest absolute Gasteiger partial charge is 0.298 e. The maximum atomic E-state index is 2.71. The van der Waals surface area contributed by atoms with E-state index in [4.69, 9.17) is 0 Å². The SMILES string of the molecule is CCC1CCC2(CC1)CCN(C(C)(C)C)C2. The monoisotopic (exact) mass is 223 g/mol. The zero-order chi connectivity index (χ0) is 11.8. The average Bonchev–Trinajstić information content (AvgIpc) is 2.63. The Labute approximate surface area is 102 Å². The molecule has 0 atom stereocenters. The molecule has 1 spiro atoms. The summed E-state index contributed by atoms with van der Waals surface area (Å²) in [7, 11) is 0. The van der Waals surface area contributed by atoms with E-state index in [0.717, 1.165) is 5.92 Å². The van der Waals surface area contributed by atoms with Gasteiger partial charge in [0.2, 0.25) is 0 Å². The van der Waals surface area contributed by atoms with Gasteiger partial charge in [0.05, 0.1) is 0 Å². The second kappa shape index (κ2) is 4.33. The Morgan fingerprint density at radius 2 is 1.75 bits per heavy atom. The van der Waals surface area contributed by atoms with E-state index in [-0.39, 0.29) is 0 Å². The molecule has 0 bridgehead atoms. The lowest BCUT2D eigenvalue weighted by molar-refractivity contribution is 0.111. The van der Waals surface area contributed by atoms with E-state index in [1.165, 1.54) is 51.6 Å². The van der Waals surface area contributed by atoms with Gasteiger partial charge < -0.3 is 0 Å². The highest BCUT2D eigenvalue weighted by atomic mass is 15.2. The number of likely N-dealkylation sites (tertiary alicyclic amines) is 1. The van der Waals surface area contributed by atoms with E-state index >= 15 is 0 Å². The topological polar surface area (TPSA) is 3.24 Å². The van der Waals surface area contributed by atoms with Gasteiger partial charge in [-0.3, -0.25) is 4.90 Å². The van der Waals surface area contributed by atoms with Crippen LogP contribution in [0.3, 0.4) is 0 Å². The lowest BCUT2D eigenvalue weighted by Gasteiger charge is -2.39. The van der Waals surface area contributed by atoms with E-state index in [1.54, 1.807) is 0 Å². The summed E-state index contributed by atoms with van der Waals surface area (Å²) in [5, 5.41) is 0. The van der Waals surface area contributed by atoms with Gasteiger partial charge in [-0.15, -0.1) is 0 Å². The highest BCUT2D eigenvalue weighted by Crippen LogP contribution is 2.47. The van der Waals surface area contributed by atoms with E-state index in [0.29, 0.717) is 11.0 Å². The highest BCUT2D eigenvalue weighted by Gasteiger charge is 2.43. The molecule has 1 saturated carbocycles. The predicted molar refractivity (Wildman–Crippen MR) is 70.6 cm³/mol. The van der Waals surface area contributed by atoms with E-state index in [2.05, 4.69) is 32.6 Å². The zero-order valence-corrected chi connectivity index (χ0v) is 11.7. The molecule has 1 heterocycles. The molecule has 0 amide bonds. The summed E-state index contributed by atoms with van der Waals surface area (Å²) in [5.41, 5.74) is 1.09. The fourth-order valence-electron chi connectivity index (χ4n) is 3.61. The van der Waals surface area contributed by atoms with Gasteiger partial charge in [-0.25, -0.2) is 0 Å². The molecule has 1 saturated heterocycles. The van der Waals surface area contributed by atoms with Crippen molar-refractivity contribution in [1.29, 1.82) is 0 Å². The number of rotatable bonds is 1. The number of hydrogen-bond acceptors (Lipinski definition) is 1. The lowest BCUT2D eigenvalue weighted by Crippen LogP contribution is -2.41. The highest BCUT2D eigenvalue weighted by molar-refractivity contribution is 4.96. The molecule has 1 aliphatic heterocycles. The maximum absolute atomic E-state index is 2.71. The maximum Gasteiger partial charge on any atom is 0.0125 e. The summed E-state index contributed by atoms with van der Waals surface area (Å²) >= 11 is 0. The molecule has 2 fully saturated rings. The lowest BCUT2D eigenvalue weighted by atomic mass is 9.69. The molecule has 0 aromatic heterocycles. The van der Waals surface area contributed by atoms with Crippen molar-refractivity contribution in [3.63, 3.8) is 0 Å². The van der Waals surface area contributed by atoms with Crippen molar-refractivity contribution in [3.05, 3.63) is 0 Å². The quantitative estimate of drug-likeness (QED) is 0.647. The normalized spacial score (nSPS) is 37.1. The van der Waals surface area contributed by atoms with Gasteiger partial charge in [0.1, 0.15) is 0 Å². The molecule has 0 radical (unpaired) electrons. The van der Waals surface area contributed by atoms with Crippen molar-refractivity contribution in [2.24, 2.45) is 11.3 Å². The summed E-state index contributed by atoms with van der Waals surface area (Å²) in [4.78, 5) is 2.71. The van der Waals surface area contributed by atoms with Crippen molar-refractivity contribution in [2.75, 3.05) is 13.1 Å². The minimum Gasteiger partial charge on any atom is -0.298 e. The van der Waals surface area contributed by atoms with Gasteiger partial charge in [-0.1, -0.05) is 13.3 Å². The van der Waals surface area contributed by atoms with Crippen LogP contribution in [0.15, 0.2) is 0 Å². The molecule has 0 unspecified atom stereocenters. The molecular formula is C15H29N. The van der Waals surface area contributed by atoms with Crippen LogP contribution in [0.1, 0.15) is 66.2 Å². The van der Waals surface area contributed by atoms with Gasteiger partial charge in [0, 0.05) is 12.1 Å². The standard InChI is InChI=1S/C15H29N/c1-5-13-6-8-15(9-7-13)10-11-16(12-15)14(2,3)4/h13H,5-12H2,1-4H3. The van der Waals surface area contributed by atoms with Crippen LogP contribution in [0.2, 0.25) is 0 Å². The summed E-state index contributed by atoms with van der Waals surface area (Å²) in [5.74, 6) is 1.04. The third kappa shape index (κ3) is 2.45. The summed E-state index contributed by atoms with van der Waals surface area (Å²) < 4.78 is 0. The second-order valence-corrected chi connectivity index (χ2v) is 7.19. The summed E-state index contributed by atoms with van der Waals surface area (Å²) in [6.45, 7) is 12.2. The molecular weight excluding hydrogens is 194 g/mol. The van der Waals surface area contributed by atoms with Crippen molar-refractivity contribution in [1.82, 2.24) is 4.90 Å². The third-order valence-electron chi connectivity index (χ3n) is 5.13. The molecule has 2 rings (SSSR count). The van der Waals surface area contributed by atoms with Crippen LogP contribution in [-0.2, 0) is 0 Å². The molecule has 2 aliphatic rings. The van der Waals surface area contributed by atoms with Crippen molar-refractivity contribution in [3.8, 4) is 0 Å². The van der Waals surface area contributed by atoms with Crippen LogP contribution in [0, 0.1) is 11.3 Å². The Morgan fingerprint density at radius 1 is 1.12 bits per heavy atom. The molecule has 0 N–H and O–H groups in total. The van der Waals surface area contributed by atoms with Crippen LogP contribution in [0.25, 0.3) is 0 Å². The third-order valence-corrected chi connectivity index (χ3v) is 5.13. The molecule has 1 aliphatic carbocycles. The van der Waals surface area contributed by atoms with Gasteiger partial charge in [-0.05, 0) is 70.8 Å². The van der Waals surface area contributed by atoms with Crippen molar-refractivity contribution in [2.45, 2.75) is 71.8 Å². The Kier molecular flexibility index (Phi) is 3.36. The molecule has 94 valence electrons. The summed E-state index contributed by atoms with van der Waals surface area (Å²) in [6, 6.07) is 0. The fraction of sp³-hybridized carbons (Fsp3) is 1.00. The Morgan fingerprint density at radius 3 is 2.19 bits per heavy atom. The van der Waals surface area contributed by atoms with Gasteiger partial charge in [0.15, 0.2) is 0 Å². The predicted octanol–water partition coefficient (Wildman–Crippen LogP) is 4.08. The first-order valence-corrected chi connectivity index (χ1v) is 7.20. The van der Waals surface area contributed by atoms with E-state index in [9.17, 15) is 0 Å². The Hall–Kier alpha value is -0.0400. The van der Waals surface area contributed by atoms with Crippen LogP contribution >= 0.6 is 0 Å². The Bertz CT molecular complexity index is 230. The summed E-state index contributed by atoms with van der Waals surface area (Å²) in [6.07, 6.45) is 8.85. The first-order chi connectivity index (χ1) is 7.45. The van der Waals surface area contributed by atoms with Crippen LogP contribution in [-0.4, -0.2) is 23.5 Å².